The Bertz CT molecular complexity index is 335. The molecule has 1 N–H and O–H groups in total. The van der Waals surface area contributed by atoms with E-state index in [0.29, 0.717) is 12.0 Å². The summed E-state index contributed by atoms with van der Waals surface area (Å²) in [4.78, 5) is 11.6. The Labute approximate surface area is 93.3 Å². The van der Waals surface area contributed by atoms with E-state index in [4.69, 9.17) is 14.2 Å². The zero-order valence-electron chi connectivity index (χ0n) is 8.96. The molecule has 0 spiro atoms. The Kier molecular flexibility index (Phi) is 2.98. The van der Waals surface area contributed by atoms with Crippen LogP contribution in [0, 0.1) is 11.8 Å². The first kappa shape index (κ1) is 11.2. The van der Waals surface area contributed by atoms with Gasteiger partial charge in [0.25, 0.3) is 0 Å². The summed E-state index contributed by atoms with van der Waals surface area (Å²) in [5.41, 5.74) is 0.434. The molecule has 0 aromatic rings. The van der Waals surface area contributed by atoms with Crippen molar-refractivity contribution >= 4 is 5.97 Å². The molecule has 88 valence electrons. The van der Waals surface area contributed by atoms with Crippen LogP contribution < -0.4 is 0 Å². The van der Waals surface area contributed by atoms with Gasteiger partial charge in [0.15, 0.2) is 0 Å². The first-order chi connectivity index (χ1) is 7.67. The number of hydrogen-bond acceptors (Lipinski definition) is 5. The molecule has 0 bridgehead atoms. The zero-order valence-corrected chi connectivity index (χ0v) is 8.96. The maximum Gasteiger partial charge on any atom is 0.339 e. The standard InChI is InChI=1S/C11H14O5/c1-3-6-7-4-9(14-2)16-11(13)8(7)5-15-10(6)12/h3,5-7,9-10,12H,1,4H2,2H3/t6-,7+,9-,10-/m1/s1. The molecule has 2 heterocycles. The molecule has 5 heteroatoms. The highest BCUT2D eigenvalue weighted by molar-refractivity contribution is 5.89. The maximum atomic E-state index is 11.6. The second-order valence-electron chi connectivity index (χ2n) is 3.83. The van der Waals surface area contributed by atoms with Crippen LogP contribution in [0.25, 0.3) is 0 Å². The quantitative estimate of drug-likeness (QED) is 0.550. The van der Waals surface area contributed by atoms with E-state index in [-0.39, 0.29) is 11.8 Å². The Morgan fingerprint density at radius 1 is 1.69 bits per heavy atom. The fourth-order valence-corrected chi connectivity index (χ4v) is 2.08. The highest BCUT2D eigenvalue weighted by Crippen LogP contribution is 2.38. The summed E-state index contributed by atoms with van der Waals surface area (Å²) in [5.74, 6) is -0.931. The predicted octanol–water partition coefficient (Wildman–Crippen LogP) is 0.557. The Morgan fingerprint density at radius 2 is 2.44 bits per heavy atom. The van der Waals surface area contributed by atoms with Crippen LogP contribution in [-0.4, -0.2) is 30.8 Å². The van der Waals surface area contributed by atoms with Crippen LogP contribution in [0.4, 0.5) is 0 Å². The van der Waals surface area contributed by atoms with Crippen molar-refractivity contribution in [2.45, 2.75) is 19.0 Å². The number of hydrogen-bond donors (Lipinski definition) is 1. The molecule has 2 rings (SSSR count). The van der Waals surface area contributed by atoms with Crippen LogP contribution in [-0.2, 0) is 19.0 Å². The summed E-state index contributed by atoms with van der Waals surface area (Å²) < 4.78 is 15.0. The average Bonchev–Trinajstić information content (AvgIpc) is 2.28. The Hall–Kier alpha value is -1.33. The molecule has 2 aliphatic rings. The average molecular weight is 226 g/mol. The molecule has 0 saturated carbocycles. The minimum absolute atomic E-state index is 0.160. The van der Waals surface area contributed by atoms with Crippen LogP contribution in [0.3, 0.4) is 0 Å². The summed E-state index contributed by atoms with van der Waals surface area (Å²) in [6, 6.07) is 0. The van der Waals surface area contributed by atoms with Gasteiger partial charge in [-0.05, 0) is 0 Å². The molecule has 0 aromatic heterocycles. The van der Waals surface area contributed by atoms with Crippen LogP contribution >= 0.6 is 0 Å². The zero-order chi connectivity index (χ0) is 11.7. The summed E-state index contributed by atoms with van der Waals surface area (Å²) >= 11 is 0. The van der Waals surface area contributed by atoms with Crippen molar-refractivity contribution in [3.8, 4) is 0 Å². The van der Waals surface area contributed by atoms with Crippen molar-refractivity contribution in [1.29, 1.82) is 0 Å². The number of aliphatic hydroxyl groups excluding tert-OH is 1. The Balaban J connectivity index is 2.27. The van der Waals surface area contributed by atoms with Gasteiger partial charge in [-0.2, -0.15) is 0 Å². The van der Waals surface area contributed by atoms with Gasteiger partial charge in [0.1, 0.15) is 0 Å². The summed E-state index contributed by atoms with van der Waals surface area (Å²) in [7, 11) is 1.48. The van der Waals surface area contributed by atoms with Crippen molar-refractivity contribution in [3.63, 3.8) is 0 Å². The molecule has 0 amide bonds. The molecule has 4 atom stereocenters. The number of ether oxygens (including phenoxy) is 3. The molecular formula is C11H14O5. The highest BCUT2D eigenvalue weighted by Gasteiger charge is 2.43. The highest BCUT2D eigenvalue weighted by atomic mass is 16.7. The maximum absolute atomic E-state index is 11.6. The molecule has 0 radical (unpaired) electrons. The lowest BCUT2D eigenvalue weighted by molar-refractivity contribution is -0.190. The molecule has 0 aromatic carbocycles. The predicted molar refractivity (Wildman–Crippen MR) is 53.9 cm³/mol. The van der Waals surface area contributed by atoms with E-state index in [1.165, 1.54) is 13.4 Å². The lowest BCUT2D eigenvalue weighted by Crippen LogP contribution is -2.42. The van der Waals surface area contributed by atoms with Crippen LogP contribution in [0.2, 0.25) is 0 Å². The number of rotatable bonds is 2. The summed E-state index contributed by atoms with van der Waals surface area (Å²) in [6.07, 6.45) is 1.83. The smallest absolute Gasteiger partial charge is 0.339 e. The van der Waals surface area contributed by atoms with E-state index in [1.807, 2.05) is 0 Å². The normalized spacial score (nSPS) is 37.9. The van der Waals surface area contributed by atoms with E-state index in [9.17, 15) is 9.90 Å². The topological polar surface area (TPSA) is 65.0 Å². The molecular weight excluding hydrogens is 212 g/mol. The van der Waals surface area contributed by atoms with E-state index in [0.717, 1.165) is 0 Å². The third-order valence-corrected chi connectivity index (χ3v) is 2.98. The number of fused-ring (bicyclic) bond motifs is 1. The van der Waals surface area contributed by atoms with Gasteiger partial charge in [0.05, 0.1) is 11.8 Å². The van der Waals surface area contributed by atoms with Crippen molar-refractivity contribution in [2.75, 3.05) is 7.11 Å². The SMILES string of the molecule is C=C[C@H]1[C@H](O)OC=C2C(=O)O[C@@H](OC)C[C@H]21. The van der Waals surface area contributed by atoms with Crippen molar-refractivity contribution in [2.24, 2.45) is 11.8 Å². The molecule has 0 aliphatic carbocycles. The molecule has 0 unspecified atom stereocenters. The number of carbonyl (C=O) groups excluding carboxylic acids is 1. The monoisotopic (exact) mass is 226 g/mol. The van der Waals surface area contributed by atoms with Gasteiger partial charge in [0.2, 0.25) is 12.6 Å². The van der Waals surface area contributed by atoms with Gasteiger partial charge in [0, 0.05) is 25.4 Å². The molecule has 2 aliphatic heterocycles. The number of methoxy groups -OCH3 is 1. The van der Waals surface area contributed by atoms with Gasteiger partial charge in [-0.1, -0.05) is 6.08 Å². The van der Waals surface area contributed by atoms with E-state index >= 15 is 0 Å². The van der Waals surface area contributed by atoms with Gasteiger partial charge in [-0.3, -0.25) is 0 Å². The summed E-state index contributed by atoms with van der Waals surface area (Å²) in [5, 5.41) is 9.62. The van der Waals surface area contributed by atoms with Crippen molar-refractivity contribution in [1.82, 2.24) is 0 Å². The lowest BCUT2D eigenvalue weighted by Gasteiger charge is -2.37. The van der Waals surface area contributed by atoms with Gasteiger partial charge < -0.3 is 19.3 Å². The van der Waals surface area contributed by atoms with E-state index in [2.05, 4.69) is 6.58 Å². The molecule has 16 heavy (non-hydrogen) atoms. The number of esters is 1. The first-order valence-corrected chi connectivity index (χ1v) is 5.07. The van der Waals surface area contributed by atoms with Crippen LogP contribution in [0.15, 0.2) is 24.5 Å². The van der Waals surface area contributed by atoms with E-state index < -0.39 is 18.5 Å². The third-order valence-electron chi connectivity index (χ3n) is 2.98. The number of cyclic esters (lactones) is 1. The molecule has 5 nitrogen and oxygen atoms in total. The van der Waals surface area contributed by atoms with Crippen LogP contribution in [0.5, 0.6) is 0 Å². The van der Waals surface area contributed by atoms with Crippen LogP contribution in [0.1, 0.15) is 6.42 Å². The number of aliphatic hydroxyl groups is 1. The fourth-order valence-electron chi connectivity index (χ4n) is 2.08. The first-order valence-electron chi connectivity index (χ1n) is 5.07. The largest absolute Gasteiger partial charge is 0.472 e. The summed E-state index contributed by atoms with van der Waals surface area (Å²) in [6.45, 7) is 3.64. The van der Waals surface area contributed by atoms with Gasteiger partial charge >= 0.3 is 5.97 Å². The second-order valence-corrected chi connectivity index (χ2v) is 3.83. The van der Waals surface area contributed by atoms with Gasteiger partial charge in [-0.15, -0.1) is 6.58 Å². The molecule has 1 saturated heterocycles. The third kappa shape index (κ3) is 1.72. The Morgan fingerprint density at radius 3 is 3.06 bits per heavy atom. The minimum Gasteiger partial charge on any atom is -0.472 e. The van der Waals surface area contributed by atoms with Crippen molar-refractivity contribution in [3.05, 3.63) is 24.5 Å². The second kappa shape index (κ2) is 4.27. The molecule has 1 fully saturated rings. The van der Waals surface area contributed by atoms with E-state index in [1.54, 1.807) is 6.08 Å². The van der Waals surface area contributed by atoms with Gasteiger partial charge in [-0.25, -0.2) is 4.79 Å². The van der Waals surface area contributed by atoms with Crippen molar-refractivity contribution < 1.29 is 24.1 Å². The lowest BCUT2D eigenvalue weighted by atomic mass is 9.80. The minimum atomic E-state index is -0.963. The number of carbonyl (C=O) groups is 1. The fraction of sp³-hybridized carbons (Fsp3) is 0.545.